The SMILES string of the molecule is CCCC/C(=N/O)c1ccccc1. The molecule has 0 bridgehead atoms. The van der Waals surface area contributed by atoms with Gasteiger partial charge in [0.1, 0.15) is 0 Å². The Hall–Kier alpha value is -1.31. The van der Waals surface area contributed by atoms with Crippen molar-refractivity contribution < 1.29 is 5.21 Å². The minimum atomic E-state index is 0.780. The quantitative estimate of drug-likeness (QED) is 0.428. The molecule has 1 aromatic carbocycles. The van der Waals surface area contributed by atoms with Gasteiger partial charge in [-0.05, 0) is 18.4 Å². The second-order valence-corrected chi connectivity index (χ2v) is 3.02. The number of rotatable bonds is 4. The summed E-state index contributed by atoms with van der Waals surface area (Å²) in [6, 6.07) is 9.78. The highest BCUT2D eigenvalue weighted by Crippen LogP contribution is 2.07. The molecular weight excluding hydrogens is 162 g/mol. The lowest BCUT2D eigenvalue weighted by Gasteiger charge is -2.02. The summed E-state index contributed by atoms with van der Waals surface area (Å²) in [7, 11) is 0. The van der Waals surface area contributed by atoms with Gasteiger partial charge in [-0.15, -0.1) is 0 Å². The first-order valence-corrected chi connectivity index (χ1v) is 4.64. The predicted molar refractivity (Wildman–Crippen MR) is 54.3 cm³/mol. The number of unbranched alkanes of at least 4 members (excludes halogenated alkanes) is 1. The maximum absolute atomic E-state index is 8.79. The monoisotopic (exact) mass is 177 g/mol. The van der Waals surface area contributed by atoms with Gasteiger partial charge in [-0.25, -0.2) is 0 Å². The molecule has 0 heterocycles. The second-order valence-electron chi connectivity index (χ2n) is 3.02. The molecule has 1 aromatic rings. The maximum Gasteiger partial charge on any atom is 0.0867 e. The van der Waals surface area contributed by atoms with Crippen LogP contribution in [0.5, 0.6) is 0 Å². The van der Waals surface area contributed by atoms with Crippen LogP contribution in [0.25, 0.3) is 0 Å². The van der Waals surface area contributed by atoms with E-state index in [4.69, 9.17) is 5.21 Å². The van der Waals surface area contributed by atoms with Crippen molar-refractivity contribution in [3.63, 3.8) is 0 Å². The molecule has 70 valence electrons. The zero-order chi connectivity index (χ0) is 9.52. The van der Waals surface area contributed by atoms with E-state index in [-0.39, 0.29) is 0 Å². The molecule has 0 saturated carbocycles. The first kappa shape index (κ1) is 9.78. The molecule has 1 N–H and O–H groups in total. The van der Waals surface area contributed by atoms with Gasteiger partial charge in [-0.3, -0.25) is 0 Å². The molecule has 0 aliphatic carbocycles. The zero-order valence-corrected chi connectivity index (χ0v) is 7.90. The summed E-state index contributed by atoms with van der Waals surface area (Å²) in [4.78, 5) is 0. The van der Waals surface area contributed by atoms with Crippen LogP contribution in [-0.2, 0) is 0 Å². The number of hydrogen-bond acceptors (Lipinski definition) is 2. The largest absolute Gasteiger partial charge is 0.411 e. The fraction of sp³-hybridized carbons (Fsp3) is 0.364. The average Bonchev–Trinajstić information content (AvgIpc) is 2.21. The Bertz CT molecular complexity index is 267. The van der Waals surface area contributed by atoms with Gasteiger partial charge in [0.2, 0.25) is 0 Å². The maximum atomic E-state index is 8.79. The van der Waals surface area contributed by atoms with Gasteiger partial charge in [0.15, 0.2) is 0 Å². The molecule has 0 aromatic heterocycles. The third kappa shape index (κ3) is 2.90. The van der Waals surface area contributed by atoms with Crippen LogP contribution in [0.15, 0.2) is 35.5 Å². The minimum absolute atomic E-state index is 0.780. The molecule has 0 spiro atoms. The lowest BCUT2D eigenvalue weighted by atomic mass is 10.1. The van der Waals surface area contributed by atoms with Crippen molar-refractivity contribution in [1.82, 2.24) is 0 Å². The lowest BCUT2D eigenvalue weighted by molar-refractivity contribution is 0.318. The van der Waals surface area contributed by atoms with Crippen LogP contribution < -0.4 is 0 Å². The second kappa shape index (κ2) is 5.36. The van der Waals surface area contributed by atoms with Gasteiger partial charge >= 0.3 is 0 Å². The van der Waals surface area contributed by atoms with E-state index >= 15 is 0 Å². The Kier molecular flexibility index (Phi) is 4.03. The summed E-state index contributed by atoms with van der Waals surface area (Å²) in [6.45, 7) is 2.12. The standard InChI is InChI=1S/C11H15NO/c1-2-3-9-11(12-13)10-7-5-4-6-8-10/h4-8,13H,2-3,9H2,1H3/b12-11-. The Morgan fingerprint density at radius 3 is 2.54 bits per heavy atom. The molecule has 2 heteroatoms. The zero-order valence-electron chi connectivity index (χ0n) is 7.90. The van der Waals surface area contributed by atoms with Crippen LogP contribution in [0.3, 0.4) is 0 Å². The van der Waals surface area contributed by atoms with E-state index in [1.165, 1.54) is 0 Å². The van der Waals surface area contributed by atoms with Crippen molar-refractivity contribution in [1.29, 1.82) is 0 Å². The Balaban J connectivity index is 2.69. The van der Waals surface area contributed by atoms with Gasteiger partial charge in [0, 0.05) is 0 Å². The normalized spacial score (nSPS) is 11.6. The van der Waals surface area contributed by atoms with E-state index in [9.17, 15) is 0 Å². The molecule has 1 rings (SSSR count). The number of benzene rings is 1. The molecular formula is C11H15NO. The summed E-state index contributed by atoms with van der Waals surface area (Å²) < 4.78 is 0. The van der Waals surface area contributed by atoms with Crippen molar-refractivity contribution in [3.8, 4) is 0 Å². The minimum Gasteiger partial charge on any atom is -0.411 e. The molecule has 0 unspecified atom stereocenters. The summed E-state index contributed by atoms with van der Waals surface area (Å²) in [5.74, 6) is 0. The van der Waals surface area contributed by atoms with Gasteiger partial charge in [-0.1, -0.05) is 48.8 Å². The predicted octanol–water partition coefficient (Wildman–Crippen LogP) is 3.06. The van der Waals surface area contributed by atoms with E-state index in [0.29, 0.717) is 0 Å². The Morgan fingerprint density at radius 1 is 1.31 bits per heavy atom. The summed E-state index contributed by atoms with van der Waals surface area (Å²) in [5, 5.41) is 12.1. The molecule has 0 amide bonds. The van der Waals surface area contributed by atoms with Crippen LogP contribution in [0.4, 0.5) is 0 Å². The van der Waals surface area contributed by atoms with Gasteiger partial charge in [0.25, 0.3) is 0 Å². The molecule has 0 aliphatic heterocycles. The highest BCUT2D eigenvalue weighted by Gasteiger charge is 2.01. The number of hydrogen-bond donors (Lipinski definition) is 1. The smallest absolute Gasteiger partial charge is 0.0867 e. The van der Waals surface area contributed by atoms with Gasteiger partial charge in [0.05, 0.1) is 5.71 Å². The van der Waals surface area contributed by atoms with Crippen LogP contribution >= 0.6 is 0 Å². The van der Waals surface area contributed by atoms with Gasteiger partial charge < -0.3 is 5.21 Å². The van der Waals surface area contributed by atoms with Crippen LogP contribution in [0, 0.1) is 0 Å². The number of nitrogens with zero attached hydrogens (tertiary/aromatic N) is 1. The molecule has 0 saturated heterocycles. The van der Waals surface area contributed by atoms with Gasteiger partial charge in [-0.2, -0.15) is 0 Å². The van der Waals surface area contributed by atoms with Crippen molar-refractivity contribution >= 4 is 5.71 Å². The lowest BCUT2D eigenvalue weighted by Crippen LogP contribution is -2.00. The van der Waals surface area contributed by atoms with E-state index < -0.39 is 0 Å². The number of oxime groups is 1. The van der Waals surface area contributed by atoms with E-state index in [1.807, 2.05) is 30.3 Å². The molecule has 0 atom stereocenters. The van der Waals surface area contributed by atoms with Crippen molar-refractivity contribution in [3.05, 3.63) is 35.9 Å². The molecule has 0 fully saturated rings. The molecule has 0 aliphatic rings. The third-order valence-electron chi connectivity index (χ3n) is 1.99. The summed E-state index contributed by atoms with van der Waals surface area (Å²) in [5.41, 5.74) is 1.79. The average molecular weight is 177 g/mol. The highest BCUT2D eigenvalue weighted by molar-refractivity contribution is 6.00. The van der Waals surface area contributed by atoms with Crippen LogP contribution in [0.2, 0.25) is 0 Å². The highest BCUT2D eigenvalue weighted by atomic mass is 16.4. The van der Waals surface area contributed by atoms with Crippen LogP contribution in [0.1, 0.15) is 31.7 Å². The van der Waals surface area contributed by atoms with E-state index in [2.05, 4.69) is 12.1 Å². The summed E-state index contributed by atoms with van der Waals surface area (Å²) in [6.07, 6.45) is 3.02. The fourth-order valence-corrected chi connectivity index (χ4v) is 1.23. The van der Waals surface area contributed by atoms with Crippen molar-refractivity contribution in [2.24, 2.45) is 5.16 Å². The topological polar surface area (TPSA) is 32.6 Å². The first-order chi connectivity index (χ1) is 6.38. The molecule has 2 nitrogen and oxygen atoms in total. The first-order valence-electron chi connectivity index (χ1n) is 4.64. The summed E-state index contributed by atoms with van der Waals surface area (Å²) >= 11 is 0. The molecule has 0 radical (unpaired) electrons. The third-order valence-corrected chi connectivity index (χ3v) is 1.99. The van der Waals surface area contributed by atoms with Crippen molar-refractivity contribution in [2.45, 2.75) is 26.2 Å². The van der Waals surface area contributed by atoms with E-state index in [0.717, 1.165) is 30.5 Å². The Labute approximate surface area is 78.9 Å². The Morgan fingerprint density at radius 2 is 2.00 bits per heavy atom. The molecule has 13 heavy (non-hydrogen) atoms. The fourth-order valence-electron chi connectivity index (χ4n) is 1.23. The van der Waals surface area contributed by atoms with Crippen LogP contribution in [-0.4, -0.2) is 10.9 Å². The van der Waals surface area contributed by atoms with E-state index in [1.54, 1.807) is 0 Å². The van der Waals surface area contributed by atoms with Crippen molar-refractivity contribution in [2.75, 3.05) is 0 Å².